The number of ether oxygens (including phenoxy) is 1. The summed E-state index contributed by atoms with van der Waals surface area (Å²) in [6, 6.07) is 3.05. The first-order valence-corrected chi connectivity index (χ1v) is 6.59. The molecule has 7 nitrogen and oxygen atoms in total. The van der Waals surface area contributed by atoms with Gasteiger partial charge >= 0.3 is 11.3 Å². The highest BCUT2D eigenvalue weighted by molar-refractivity contribution is 5.88. The molecule has 0 saturated heterocycles. The molecule has 0 fully saturated rings. The Kier molecular flexibility index (Phi) is 4.11. The van der Waals surface area contributed by atoms with Gasteiger partial charge in [0.05, 0.1) is 16.9 Å². The molecule has 21 heavy (non-hydrogen) atoms. The molecule has 0 spiro atoms. The van der Waals surface area contributed by atoms with Crippen LogP contribution in [-0.4, -0.2) is 16.6 Å². The minimum absolute atomic E-state index is 0.0615. The summed E-state index contributed by atoms with van der Waals surface area (Å²) in [6.07, 6.45) is 1.52. The molecule has 1 N–H and O–H groups in total. The van der Waals surface area contributed by atoms with E-state index in [-0.39, 0.29) is 11.0 Å². The van der Waals surface area contributed by atoms with Gasteiger partial charge in [-0.15, -0.1) is 0 Å². The second kappa shape index (κ2) is 5.82. The lowest BCUT2D eigenvalue weighted by molar-refractivity contribution is -0.388. The van der Waals surface area contributed by atoms with Crippen LogP contribution in [0.25, 0.3) is 11.0 Å². The molecular weight excluding hydrogens is 278 g/mol. The molecule has 0 unspecified atom stereocenters. The molecule has 0 radical (unpaired) electrons. The normalized spacial score (nSPS) is 10.8. The fourth-order valence-electron chi connectivity index (χ4n) is 2.16. The highest BCUT2D eigenvalue weighted by Gasteiger charge is 2.25. The largest absolute Gasteiger partial charge is 0.501 e. The average Bonchev–Trinajstić information content (AvgIpc) is 2.40. The highest BCUT2D eigenvalue weighted by atomic mass is 16.6. The number of nitro groups is 1. The summed E-state index contributed by atoms with van der Waals surface area (Å²) in [5.41, 5.74) is -1.28. The molecule has 1 aromatic heterocycles. The van der Waals surface area contributed by atoms with Crippen LogP contribution in [0.2, 0.25) is 0 Å². The Morgan fingerprint density at radius 2 is 2.10 bits per heavy atom. The Balaban J connectivity index is 2.78. The quantitative estimate of drug-likeness (QED) is 0.516. The van der Waals surface area contributed by atoms with Crippen LogP contribution in [0, 0.1) is 10.1 Å². The molecule has 0 atom stereocenters. The van der Waals surface area contributed by atoms with Crippen molar-refractivity contribution in [2.24, 2.45) is 0 Å². The molecule has 0 amide bonds. The first kappa shape index (κ1) is 14.8. The van der Waals surface area contributed by atoms with E-state index < -0.39 is 22.0 Å². The Morgan fingerprint density at radius 3 is 2.67 bits per heavy atom. The van der Waals surface area contributed by atoms with Crippen LogP contribution in [0.1, 0.15) is 25.8 Å². The Bertz CT molecular complexity index is 749. The monoisotopic (exact) mass is 293 g/mol. The summed E-state index contributed by atoms with van der Waals surface area (Å²) in [5.74, 6) is -0.130. The van der Waals surface area contributed by atoms with Gasteiger partial charge in [-0.25, -0.2) is 4.79 Å². The van der Waals surface area contributed by atoms with Crippen LogP contribution in [0.5, 0.6) is 11.5 Å². The molecule has 0 aliphatic carbocycles. The molecule has 0 aliphatic rings. The zero-order valence-corrected chi connectivity index (χ0v) is 11.7. The van der Waals surface area contributed by atoms with E-state index in [1.807, 2.05) is 13.8 Å². The van der Waals surface area contributed by atoms with E-state index in [0.717, 1.165) is 12.0 Å². The summed E-state index contributed by atoms with van der Waals surface area (Å²) < 4.78 is 10.4. The maximum absolute atomic E-state index is 11.6. The number of fused-ring (bicyclic) bond motifs is 1. The summed E-state index contributed by atoms with van der Waals surface area (Å²) in [7, 11) is 0. The van der Waals surface area contributed by atoms with Gasteiger partial charge in [-0.05, 0) is 25.0 Å². The third kappa shape index (κ3) is 2.67. The molecular formula is C14H15NO6. The molecule has 2 aromatic rings. The molecule has 1 heterocycles. The number of nitrogens with zero attached hydrogens (tertiary/aromatic N) is 1. The van der Waals surface area contributed by atoms with E-state index >= 15 is 0 Å². The maximum Gasteiger partial charge on any atom is 0.419 e. The molecule has 0 bridgehead atoms. The summed E-state index contributed by atoms with van der Waals surface area (Å²) in [4.78, 5) is 21.4. The average molecular weight is 293 g/mol. The Hall–Kier alpha value is -2.57. The van der Waals surface area contributed by atoms with E-state index in [1.54, 1.807) is 6.07 Å². The highest BCUT2D eigenvalue weighted by Crippen LogP contribution is 2.35. The van der Waals surface area contributed by atoms with E-state index in [1.165, 1.54) is 6.07 Å². The number of aromatic hydroxyl groups is 1. The van der Waals surface area contributed by atoms with Gasteiger partial charge in [0, 0.05) is 6.07 Å². The van der Waals surface area contributed by atoms with Gasteiger partial charge in [-0.2, -0.15) is 0 Å². The first-order valence-electron chi connectivity index (χ1n) is 6.59. The van der Waals surface area contributed by atoms with Gasteiger partial charge in [0.15, 0.2) is 0 Å². The van der Waals surface area contributed by atoms with Crippen molar-refractivity contribution < 1.29 is 19.2 Å². The van der Waals surface area contributed by atoms with Crippen molar-refractivity contribution in [3.05, 3.63) is 38.2 Å². The lowest BCUT2D eigenvalue weighted by Gasteiger charge is -2.11. The van der Waals surface area contributed by atoms with Crippen molar-refractivity contribution in [2.45, 2.75) is 26.7 Å². The molecule has 0 saturated carbocycles. The third-order valence-corrected chi connectivity index (χ3v) is 3.04. The third-order valence-electron chi connectivity index (χ3n) is 3.04. The van der Waals surface area contributed by atoms with E-state index in [4.69, 9.17) is 9.15 Å². The van der Waals surface area contributed by atoms with Crippen LogP contribution in [0.3, 0.4) is 0 Å². The van der Waals surface area contributed by atoms with Gasteiger partial charge in [0.1, 0.15) is 11.3 Å². The van der Waals surface area contributed by atoms with Crippen molar-refractivity contribution in [1.29, 1.82) is 0 Å². The number of hydrogen-bond acceptors (Lipinski definition) is 6. The van der Waals surface area contributed by atoms with Gasteiger partial charge in [0.2, 0.25) is 5.75 Å². The second-order valence-electron chi connectivity index (χ2n) is 4.48. The van der Waals surface area contributed by atoms with Gasteiger partial charge < -0.3 is 14.3 Å². The van der Waals surface area contributed by atoms with Crippen LogP contribution in [-0.2, 0) is 6.42 Å². The van der Waals surface area contributed by atoms with Crippen molar-refractivity contribution in [3.8, 4) is 11.5 Å². The predicted molar refractivity (Wildman–Crippen MR) is 76.0 cm³/mol. The number of hydrogen-bond donors (Lipinski definition) is 1. The zero-order valence-electron chi connectivity index (χ0n) is 11.7. The van der Waals surface area contributed by atoms with Crippen LogP contribution < -0.4 is 10.4 Å². The SMILES string of the molecule is CCCc1cc2c(O)c([N+](=O)[O-])c(=O)oc2cc1OCC. The standard InChI is InChI=1S/C14H15NO6/c1-3-5-8-6-9-11(7-10(8)20-4-2)21-14(17)12(13(9)16)15(18)19/h6-7,16H,3-5H2,1-2H3. The van der Waals surface area contributed by atoms with Crippen molar-refractivity contribution in [1.82, 2.24) is 0 Å². The van der Waals surface area contributed by atoms with E-state index in [0.29, 0.717) is 18.8 Å². The summed E-state index contributed by atoms with van der Waals surface area (Å²) >= 11 is 0. The molecule has 7 heteroatoms. The lowest BCUT2D eigenvalue weighted by atomic mass is 10.1. The van der Waals surface area contributed by atoms with Crippen LogP contribution in [0.4, 0.5) is 5.69 Å². The number of benzene rings is 1. The fraction of sp³-hybridized carbons (Fsp3) is 0.357. The second-order valence-corrected chi connectivity index (χ2v) is 4.48. The fourth-order valence-corrected chi connectivity index (χ4v) is 2.16. The first-order chi connectivity index (χ1) is 9.99. The molecule has 2 rings (SSSR count). The molecule has 112 valence electrons. The van der Waals surface area contributed by atoms with Gasteiger partial charge in [0.25, 0.3) is 0 Å². The lowest BCUT2D eigenvalue weighted by Crippen LogP contribution is -2.07. The van der Waals surface area contributed by atoms with Gasteiger partial charge in [-0.3, -0.25) is 10.1 Å². The summed E-state index contributed by atoms with van der Waals surface area (Å²) in [6.45, 7) is 4.24. The van der Waals surface area contributed by atoms with Crippen LogP contribution in [0.15, 0.2) is 21.3 Å². The Morgan fingerprint density at radius 1 is 1.38 bits per heavy atom. The van der Waals surface area contributed by atoms with Crippen molar-refractivity contribution in [2.75, 3.05) is 6.61 Å². The smallest absolute Gasteiger partial charge is 0.419 e. The number of aryl methyl sites for hydroxylation is 1. The van der Waals surface area contributed by atoms with Gasteiger partial charge in [-0.1, -0.05) is 13.3 Å². The zero-order chi connectivity index (χ0) is 15.6. The molecule has 1 aromatic carbocycles. The topological polar surface area (TPSA) is 103 Å². The Labute approximate surface area is 119 Å². The predicted octanol–water partition coefficient (Wildman–Crippen LogP) is 2.76. The van der Waals surface area contributed by atoms with Crippen LogP contribution >= 0.6 is 0 Å². The number of rotatable bonds is 5. The van der Waals surface area contributed by atoms with Crippen molar-refractivity contribution in [3.63, 3.8) is 0 Å². The maximum atomic E-state index is 11.6. The minimum Gasteiger partial charge on any atom is -0.501 e. The molecule has 0 aliphatic heterocycles. The van der Waals surface area contributed by atoms with Crippen molar-refractivity contribution >= 4 is 16.7 Å². The minimum atomic E-state index is -1.18. The summed E-state index contributed by atoms with van der Waals surface area (Å²) in [5, 5.41) is 20.9. The van der Waals surface area contributed by atoms with E-state index in [2.05, 4.69) is 0 Å². The van der Waals surface area contributed by atoms with E-state index in [9.17, 15) is 20.0 Å².